The van der Waals surface area contributed by atoms with Crippen molar-refractivity contribution in [2.45, 2.75) is 371 Å². The minimum absolute atomic E-state index is 0.0979. The van der Waals surface area contributed by atoms with Gasteiger partial charge in [-0.2, -0.15) is 0 Å². The Labute approximate surface area is 852 Å². The third kappa shape index (κ3) is 29.8. The first-order valence-electron chi connectivity index (χ1n) is 53.5. The van der Waals surface area contributed by atoms with Crippen LogP contribution < -0.4 is 26.2 Å². The predicted molar refractivity (Wildman–Crippen MR) is 548 cm³/mol. The molecule has 144 heavy (non-hydrogen) atoms. The van der Waals surface area contributed by atoms with Crippen LogP contribution in [0.4, 0.5) is 5.82 Å². The number of aldehydes is 1. The van der Waals surface area contributed by atoms with E-state index in [4.69, 9.17) is 21.8 Å². The maximum Gasteiger partial charge on any atom is 0.255 e. The van der Waals surface area contributed by atoms with Crippen molar-refractivity contribution in [3.63, 3.8) is 0 Å². The molecule has 5 saturated heterocycles. The number of aliphatic hydroxyl groups excluding tert-OH is 3. The van der Waals surface area contributed by atoms with E-state index in [1.807, 2.05) is 77.7 Å². The third-order valence-corrected chi connectivity index (χ3v) is 30.4. The molecule has 10 heterocycles. The Kier molecular flexibility index (Phi) is 42.7. The predicted octanol–water partition coefficient (Wildman–Crippen LogP) is 16.3. The summed E-state index contributed by atoms with van der Waals surface area (Å²) in [6.07, 6.45) is 45.6. The molecular weight excluding hydrogens is 1840 g/mol. The number of aliphatic hydroxyl groups is 3. The van der Waals surface area contributed by atoms with E-state index in [1.165, 1.54) is 107 Å². The number of anilines is 1. The number of hydrogen-bond acceptors (Lipinski definition) is 20. The summed E-state index contributed by atoms with van der Waals surface area (Å²) in [5, 5.41) is 38.1. The number of unbranched alkanes of at least 4 members (excludes halogenated alkanes) is 29. The number of aryl methyl sites for hydroxylation is 3. The van der Waals surface area contributed by atoms with Gasteiger partial charge in [-0.15, -0.1) is 0 Å². The number of aromatic nitrogens is 2. The number of amides is 13. The SMILES string of the molecule is C[C@@H]1C[C@@H](O)c2ncnc(N3CCN(C(=O)[C@H](CCCCCCCCCCCCc4cccc5c4CN(C4CCC(=O)NC4=O)C5=O)c4ccc(Cl)cc4)CC3)c21.O=C1CCC(N2Cc3c(C#CCCCCCCCCO)cccc3C2=O)C(=O)N1.O=C1CCC(N2Cc3c(CCCCCCCCCCO)cccc3C2=O)C(=O)N1.O=CCCCCCCCCCc1cccc2c1CN(C1CCC(=O)NC1=O)C2=O. The summed E-state index contributed by atoms with van der Waals surface area (Å²) in [4.78, 5) is 190. The first-order chi connectivity index (χ1) is 70.0. The number of carbonyl (C=O) groups excluding carboxylic acids is 14. The van der Waals surface area contributed by atoms with Gasteiger partial charge in [-0.3, -0.25) is 83.6 Å². The van der Waals surface area contributed by atoms with Crippen LogP contribution in [0.5, 0.6) is 0 Å². The molecule has 30 heteroatoms. The highest BCUT2D eigenvalue weighted by atomic mass is 35.5. The van der Waals surface area contributed by atoms with Crippen molar-refractivity contribution >= 4 is 100 Å². The van der Waals surface area contributed by atoms with Gasteiger partial charge in [-0.25, -0.2) is 9.97 Å². The Balaban J connectivity index is 0.000000171. The number of rotatable bonds is 47. The highest BCUT2D eigenvalue weighted by Gasteiger charge is 2.46. The number of nitrogens with one attached hydrogen (secondary N) is 4. The topological polar surface area (TPSA) is 393 Å². The Morgan fingerprint density at radius 3 is 1.17 bits per heavy atom. The number of benzene rings is 5. The molecular formula is C114H147ClN12O17. The highest BCUT2D eigenvalue weighted by molar-refractivity contribution is 6.30. The molecule has 13 amide bonds. The number of imide groups is 4. The molecule has 0 spiro atoms. The number of nitrogens with zero attached hydrogens (tertiary/aromatic N) is 8. The molecule has 9 aliphatic heterocycles. The van der Waals surface area contributed by atoms with Gasteiger partial charge in [0.25, 0.3) is 23.6 Å². The lowest BCUT2D eigenvalue weighted by Crippen LogP contribution is -2.52. The lowest BCUT2D eigenvalue weighted by molar-refractivity contribution is -0.138. The minimum Gasteiger partial charge on any atom is -0.396 e. The molecule has 4 unspecified atom stereocenters. The quantitative estimate of drug-likeness (QED) is 0.00807. The van der Waals surface area contributed by atoms with Gasteiger partial charge < -0.3 is 49.5 Å². The average Bonchev–Trinajstić information content (AvgIpc) is 1.64. The monoisotopic (exact) mass is 1990 g/mol. The summed E-state index contributed by atoms with van der Waals surface area (Å²) in [6, 6.07) is 28.6. The van der Waals surface area contributed by atoms with Gasteiger partial charge >= 0.3 is 0 Å². The fourth-order valence-electron chi connectivity index (χ4n) is 22.0. The van der Waals surface area contributed by atoms with Crippen molar-refractivity contribution in [1.82, 2.24) is 55.7 Å². The van der Waals surface area contributed by atoms with Gasteiger partial charge in [0, 0.05) is 143 Å². The summed E-state index contributed by atoms with van der Waals surface area (Å²) in [6.45, 7) is 7.08. The number of hydrogen-bond donors (Lipinski definition) is 7. The van der Waals surface area contributed by atoms with Crippen LogP contribution in [-0.4, -0.2) is 196 Å². The van der Waals surface area contributed by atoms with Crippen LogP contribution >= 0.6 is 11.6 Å². The highest BCUT2D eigenvalue weighted by Crippen LogP contribution is 2.44. The Hall–Kier alpha value is -11.7. The smallest absolute Gasteiger partial charge is 0.255 e. The number of piperazine rings is 1. The van der Waals surface area contributed by atoms with Gasteiger partial charge in [0.15, 0.2) is 0 Å². The van der Waals surface area contributed by atoms with E-state index in [-0.39, 0.29) is 115 Å². The van der Waals surface area contributed by atoms with Gasteiger partial charge in [-0.05, 0) is 196 Å². The normalized spacial score (nSPS) is 19.6. The molecule has 1 aliphatic carbocycles. The van der Waals surface area contributed by atoms with E-state index in [1.54, 1.807) is 32.0 Å². The van der Waals surface area contributed by atoms with E-state index in [0.29, 0.717) is 125 Å². The molecule has 772 valence electrons. The van der Waals surface area contributed by atoms with Gasteiger partial charge in [0.05, 0.1) is 17.7 Å². The van der Waals surface area contributed by atoms with Gasteiger partial charge in [0.1, 0.15) is 42.6 Å². The molecule has 7 atom stereocenters. The molecule has 0 bridgehead atoms. The number of piperidine rings is 4. The average molecular weight is 1990 g/mol. The maximum absolute atomic E-state index is 14.0. The fourth-order valence-corrected chi connectivity index (χ4v) is 22.1. The molecule has 10 aliphatic rings. The lowest BCUT2D eigenvalue weighted by atomic mass is 9.91. The Morgan fingerprint density at radius 2 is 0.785 bits per heavy atom. The van der Waals surface area contributed by atoms with Crippen LogP contribution in [0.25, 0.3) is 0 Å². The number of fused-ring (bicyclic) bond motifs is 5. The van der Waals surface area contributed by atoms with Gasteiger partial charge in [-0.1, -0.05) is 239 Å². The first-order valence-corrected chi connectivity index (χ1v) is 53.9. The molecule has 29 nitrogen and oxygen atoms in total. The van der Waals surface area contributed by atoms with Crippen molar-refractivity contribution in [2.75, 3.05) is 44.3 Å². The third-order valence-electron chi connectivity index (χ3n) is 30.1. The van der Waals surface area contributed by atoms with Crippen LogP contribution in [0.1, 0.15) is 404 Å². The molecule has 0 radical (unpaired) electrons. The van der Waals surface area contributed by atoms with Crippen LogP contribution in [0, 0.1) is 11.8 Å². The molecule has 16 rings (SSSR count). The molecule has 5 fully saturated rings. The largest absolute Gasteiger partial charge is 0.396 e. The Morgan fingerprint density at radius 1 is 0.431 bits per heavy atom. The fraction of sp³-hybridized carbons (Fsp3) is 0.561. The number of carbonyl (C=O) groups is 14. The van der Waals surface area contributed by atoms with E-state index in [2.05, 4.69) is 73.1 Å². The molecule has 0 saturated carbocycles. The van der Waals surface area contributed by atoms with E-state index >= 15 is 0 Å². The van der Waals surface area contributed by atoms with Crippen LogP contribution in [0.2, 0.25) is 5.02 Å². The number of halogens is 1. The summed E-state index contributed by atoms with van der Waals surface area (Å²) in [7, 11) is 0. The standard InChI is InChI=1S/C45H57ClN6O5.C23H32N2O4.C23H30N2O4.C23H28N2O4/c1-30-27-38(53)41-40(30)42(48-29-47-41)50-23-25-51(26-24-50)44(56)34(32-17-19-33(46)20-18-32)15-11-9-7-5-3-2-4-6-8-10-13-31-14-12-16-35-36(31)28-52(45(35)57)37-21-22-39(54)49-43(37)55;3*26-15-8-6-4-2-1-3-5-7-10-17-11-9-12-18-19(17)16-25(23(18)29)20-13-14-21(27)24-22(20)28/h12,14,16-20,29-30,34,37-38,53H,2-11,13,15,21-28H2,1H3,(H,49,54,55);9,11-12,20,26H,1-8,10,13-16H2,(H,24,27,28);9,11-12,15,20H,1-8,10,13-14,16H2,(H,24,27,28);9,11-12,20,26H,1-6,8,13-16H2,(H,24,27,28)/t30-,34-,37?,38-;;;/m1.../s1. The molecule has 1 aromatic heterocycles. The lowest BCUT2D eigenvalue weighted by Gasteiger charge is -2.38. The molecule has 5 aromatic carbocycles. The van der Waals surface area contributed by atoms with Crippen molar-refractivity contribution < 1.29 is 82.4 Å². The summed E-state index contributed by atoms with van der Waals surface area (Å²) in [5.41, 5.74) is 13.9. The van der Waals surface area contributed by atoms with E-state index < -0.39 is 36.2 Å². The summed E-state index contributed by atoms with van der Waals surface area (Å²) >= 11 is 6.23. The maximum atomic E-state index is 14.0. The zero-order valence-electron chi connectivity index (χ0n) is 84.0. The van der Waals surface area contributed by atoms with Crippen molar-refractivity contribution in [3.05, 3.63) is 192 Å². The summed E-state index contributed by atoms with van der Waals surface area (Å²) < 4.78 is 0. The van der Waals surface area contributed by atoms with Crippen LogP contribution in [-0.2, 0) is 93.4 Å². The second-order valence-electron chi connectivity index (χ2n) is 40.3. The second-order valence-corrected chi connectivity index (χ2v) is 40.7. The second kappa shape index (κ2) is 56.1. The minimum atomic E-state index is -0.598. The molecule has 6 aromatic rings. The van der Waals surface area contributed by atoms with Crippen LogP contribution in [0.3, 0.4) is 0 Å². The van der Waals surface area contributed by atoms with Crippen molar-refractivity contribution in [2.24, 2.45) is 0 Å². The van der Waals surface area contributed by atoms with E-state index in [9.17, 15) is 72.2 Å². The van der Waals surface area contributed by atoms with Crippen LogP contribution in [0.15, 0.2) is 103 Å². The zero-order chi connectivity index (χ0) is 102. The van der Waals surface area contributed by atoms with E-state index in [0.717, 1.165) is 198 Å². The summed E-state index contributed by atoms with van der Waals surface area (Å²) in [5.74, 6) is 4.49. The van der Waals surface area contributed by atoms with Crippen molar-refractivity contribution in [1.29, 1.82) is 0 Å². The van der Waals surface area contributed by atoms with Crippen molar-refractivity contribution in [3.8, 4) is 11.8 Å². The Bertz CT molecular complexity index is 5550. The van der Waals surface area contributed by atoms with Gasteiger partial charge in [0.2, 0.25) is 53.2 Å². The first kappa shape index (κ1) is 110. The zero-order valence-corrected chi connectivity index (χ0v) is 84.8. The molecule has 7 N–H and O–H groups in total.